The number of halogens is 1. The Bertz CT molecular complexity index is 1280. The predicted octanol–water partition coefficient (Wildman–Crippen LogP) is 9.01. The Hall–Kier alpha value is -3.57. The van der Waals surface area contributed by atoms with Gasteiger partial charge in [0.25, 0.3) is 0 Å². The van der Waals surface area contributed by atoms with Crippen LogP contribution in [0.1, 0.15) is 75.6 Å². The SMILES string of the molecule is CCC(=O)C(CC(C)N(C)C)(c1ccccc1)c1ccccc1.CCC(=O)C(CC(C)N(C)C)(c1ccccc1)c1ccccc1.Cl. The van der Waals surface area contributed by atoms with Gasteiger partial charge in [-0.1, -0.05) is 135 Å². The highest BCUT2D eigenvalue weighted by molar-refractivity contribution is 5.94. The highest BCUT2D eigenvalue weighted by Crippen LogP contribution is 2.40. The van der Waals surface area contributed by atoms with Gasteiger partial charge in [-0.2, -0.15) is 0 Å². The average Bonchev–Trinajstić information content (AvgIpc) is 3.10. The second kappa shape index (κ2) is 18.7. The molecule has 2 unspecified atom stereocenters. The predicted molar refractivity (Wildman–Crippen MR) is 201 cm³/mol. The highest BCUT2D eigenvalue weighted by Gasteiger charge is 2.43. The van der Waals surface area contributed by atoms with E-state index in [0.717, 1.165) is 35.1 Å². The van der Waals surface area contributed by atoms with Crippen molar-refractivity contribution in [2.24, 2.45) is 0 Å². The second-order valence-electron chi connectivity index (χ2n) is 12.9. The molecule has 5 heteroatoms. The van der Waals surface area contributed by atoms with Gasteiger partial charge in [0, 0.05) is 24.9 Å². The quantitative estimate of drug-likeness (QED) is 0.136. The summed E-state index contributed by atoms with van der Waals surface area (Å²) < 4.78 is 0. The van der Waals surface area contributed by atoms with E-state index >= 15 is 0 Å². The van der Waals surface area contributed by atoms with E-state index in [2.05, 4.69) is 100 Å². The van der Waals surface area contributed by atoms with Gasteiger partial charge in [0.05, 0.1) is 10.8 Å². The summed E-state index contributed by atoms with van der Waals surface area (Å²) in [7, 11) is 8.29. The molecule has 4 nitrogen and oxygen atoms in total. The fraction of sp³-hybridized carbons (Fsp3) is 0.381. The maximum Gasteiger partial charge on any atom is 0.147 e. The summed E-state index contributed by atoms with van der Waals surface area (Å²) >= 11 is 0. The molecule has 4 aromatic rings. The zero-order valence-electron chi connectivity index (χ0n) is 29.6. The van der Waals surface area contributed by atoms with Crippen LogP contribution in [0.15, 0.2) is 121 Å². The van der Waals surface area contributed by atoms with Crippen LogP contribution in [0.25, 0.3) is 0 Å². The van der Waals surface area contributed by atoms with Crippen LogP contribution in [0.5, 0.6) is 0 Å². The van der Waals surface area contributed by atoms with Crippen molar-refractivity contribution in [1.82, 2.24) is 9.80 Å². The monoisotopic (exact) mass is 654 g/mol. The van der Waals surface area contributed by atoms with Crippen molar-refractivity contribution >= 4 is 24.0 Å². The van der Waals surface area contributed by atoms with Crippen LogP contribution in [0, 0.1) is 0 Å². The number of Topliss-reactive ketones (excluding diaryl/α,β-unsaturated/α-hetero) is 2. The first kappa shape index (κ1) is 39.6. The van der Waals surface area contributed by atoms with Crippen LogP contribution in [-0.2, 0) is 20.4 Å². The van der Waals surface area contributed by atoms with Crippen molar-refractivity contribution < 1.29 is 9.59 Å². The molecule has 0 radical (unpaired) electrons. The van der Waals surface area contributed by atoms with Crippen molar-refractivity contribution in [3.8, 4) is 0 Å². The summed E-state index contributed by atoms with van der Waals surface area (Å²) in [6, 6.07) is 41.5. The third-order valence-corrected chi connectivity index (χ3v) is 9.63. The topological polar surface area (TPSA) is 40.6 Å². The van der Waals surface area contributed by atoms with Gasteiger partial charge < -0.3 is 9.80 Å². The maximum atomic E-state index is 13.2. The van der Waals surface area contributed by atoms with E-state index in [9.17, 15) is 9.59 Å². The third-order valence-electron chi connectivity index (χ3n) is 9.63. The van der Waals surface area contributed by atoms with Crippen molar-refractivity contribution in [3.05, 3.63) is 144 Å². The average molecular weight is 655 g/mol. The number of benzene rings is 4. The molecule has 252 valence electrons. The molecule has 0 saturated heterocycles. The first-order valence-electron chi connectivity index (χ1n) is 16.7. The lowest BCUT2D eigenvalue weighted by molar-refractivity contribution is -0.124. The van der Waals surface area contributed by atoms with Crippen molar-refractivity contribution in [1.29, 1.82) is 0 Å². The molecule has 2 atom stereocenters. The smallest absolute Gasteiger partial charge is 0.147 e. The zero-order chi connectivity index (χ0) is 33.7. The standard InChI is InChI=1S/2C21H27NO.ClH/c2*1-5-20(23)21(16-17(2)22(3)4,18-12-8-6-9-13-18)19-14-10-7-11-15-19;/h2*6-15,17H,5,16H2,1-4H3;1H. The molecule has 0 bridgehead atoms. The number of ketones is 2. The molecule has 0 heterocycles. The molecule has 0 spiro atoms. The molecular weight excluding hydrogens is 600 g/mol. The lowest BCUT2D eigenvalue weighted by Crippen LogP contribution is -2.42. The molecule has 4 aromatic carbocycles. The van der Waals surface area contributed by atoms with E-state index in [-0.39, 0.29) is 24.0 Å². The van der Waals surface area contributed by atoms with Gasteiger partial charge in [0.1, 0.15) is 11.6 Å². The van der Waals surface area contributed by atoms with Crippen molar-refractivity contribution in [2.45, 2.75) is 76.3 Å². The summed E-state index contributed by atoms with van der Waals surface area (Å²) in [6.07, 6.45) is 2.62. The van der Waals surface area contributed by atoms with Gasteiger partial charge >= 0.3 is 0 Å². The van der Waals surface area contributed by atoms with Crippen LogP contribution in [0.2, 0.25) is 0 Å². The third kappa shape index (κ3) is 9.28. The Morgan fingerprint density at radius 2 is 0.702 bits per heavy atom. The summed E-state index contributed by atoms with van der Waals surface area (Å²) in [5, 5.41) is 0. The fourth-order valence-corrected chi connectivity index (χ4v) is 6.42. The molecule has 0 aliphatic carbocycles. The molecule has 47 heavy (non-hydrogen) atoms. The van der Waals surface area contributed by atoms with Gasteiger partial charge in [-0.15, -0.1) is 12.4 Å². The van der Waals surface area contributed by atoms with Gasteiger partial charge in [-0.05, 0) is 77.1 Å². The number of carbonyl (C=O) groups is 2. The summed E-state index contributed by atoms with van der Waals surface area (Å²) in [6.45, 7) is 8.29. The fourth-order valence-electron chi connectivity index (χ4n) is 6.42. The molecule has 0 saturated carbocycles. The van der Waals surface area contributed by atoms with Gasteiger partial charge in [-0.25, -0.2) is 0 Å². The lowest BCUT2D eigenvalue weighted by Gasteiger charge is -2.37. The van der Waals surface area contributed by atoms with Gasteiger partial charge in [0.15, 0.2) is 0 Å². The molecule has 4 rings (SSSR count). The second-order valence-corrected chi connectivity index (χ2v) is 12.9. The Kier molecular flexibility index (Phi) is 15.7. The van der Waals surface area contributed by atoms with Crippen LogP contribution in [0.4, 0.5) is 0 Å². The largest absolute Gasteiger partial charge is 0.307 e. The minimum atomic E-state index is -0.582. The number of hydrogen-bond donors (Lipinski definition) is 0. The summed E-state index contributed by atoms with van der Waals surface area (Å²) in [5.41, 5.74) is 3.19. The molecule has 0 aromatic heterocycles. The van der Waals surface area contributed by atoms with Gasteiger partial charge in [0.2, 0.25) is 0 Å². The number of carbonyl (C=O) groups excluding carboxylic acids is 2. The van der Waals surface area contributed by atoms with E-state index < -0.39 is 10.8 Å². The minimum Gasteiger partial charge on any atom is -0.307 e. The van der Waals surface area contributed by atoms with Crippen molar-refractivity contribution in [3.63, 3.8) is 0 Å². The molecule has 0 fully saturated rings. The van der Waals surface area contributed by atoms with E-state index in [0.29, 0.717) is 24.9 Å². The minimum absolute atomic E-state index is 0. The Morgan fingerprint density at radius 3 is 0.872 bits per heavy atom. The molecule has 0 N–H and O–H groups in total. The lowest BCUT2D eigenvalue weighted by atomic mass is 9.67. The Labute approximate surface area is 290 Å². The Morgan fingerprint density at radius 1 is 0.489 bits per heavy atom. The summed E-state index contributed by atoms with van der Waals surface area (Å²) in [5.74, 6) is 0.562. The molecule has 0 aliphatic rings. The van der Waals surface area contributed by atoms with Crippen LogP contribution in [-0.4, -0.2) is 61.6 Å². The molecule has 0 amide bonds. The highest BCUT2D eigenvalue weighted by atomic mass is 35.5. The zero-order valence-corrected chi connectivity index (χ0v) is 30.5. The number of nitrogens with zero attached hydrogens (tertiary/aromatic N) is 2. The van der Waals surface area contributed by atoms with Gasteiger partial charge in [-0.3, -0.25) is 9.59 Å². The first-order chi connectivity index (χ1) is 22.0. The van der Waals surface area contributed by atoms with Crippen LogP contribution >= 0.6 is 12.4 Å². The normalized spacial score (nSPS) is 12.8. The van der Waals surface area contributed by atoms with Crippen LogP contribution in [0.3, 0.4) is 0 Å². The van der Waals surface area contributed by atoms with Crippen LogP contribution < -0.4 is 0 Å². The maximum absolute atomic E-state index is 13.2. The molecular formula is C42H55ClN2O2. The van der Waals surface area contributed by atoms with E-state index in [1.165, 1.54) is 0 Å². The number of rotatable bonds is 14. The first-order valence-corrected chi connectivity index (χ1v) is 16.7. The van der Waals surface area contributed by atoms with Crippen molar-refractivity contribution in [2.75, 3.05) is 28.2 Å². The van der Waals surface area contributed by atoms with E-state index in [4.69, 9.17) is 0 Å². The molecule has 0 aliphatic heterocycles. The van der Waals surface area contributed by atoms with E-state index in [1.54, 1.807) is 0 Å². The summed E-state index contributed by atoms with van der Waals surface area (Å²) in [4.78, 5) is 30.7. The Balaban J connectivity index is 0.000000320. The number of hydrogen-bond acceptors (Lipinski definition) is 4. The van der Waals surface area contributed by atoms with E-state index in [1.807, 2.05) is 86.6 Å².